The topological polar surface area (TPSA) is 55.6 Å². The van der Waals surface area contributed by atoms with Crippen LogP contribution in [0.1, 0.15) is 18.1 Å². The van der Waals surface area contributed by atoms with Gasteiger partial charge in [-0.1, -0.05) is 18.2 Å². The minimum Gasteiger partial charge on any atom is -0.494 e. The fraction of sp³-hybridized carbons (Fsp3) is 0.222. The van der Waals surface area contributed by atoms with Crippen molar-refractivity contribution >= 4 is 11.4 Å². The van der Waals surface area contributed by atoms with Gasteiger partial charge in [-0.3, -0.25) is 4.79 Å². The number of fused-ring (bicyclic) bond motifs is 1. The molecule has 118 valence electrons. The first-order valence-electron chi connectivity index (χ1n) is 7.66. The van der Waals surface area contributed by atoms with Crippen LogP contribution in [-0.4, -0.2) is 22.1 Å². The molecule has 0 aliphatic carbocycles. The van der Waals surface area contributed by atoms with Gasteiger partial charge < -0.3 is 10.1 Å². The van der Waals surface area contributed by atoms with Crippen LogP contribution in [0.2, 0.25) is 0 Å². The number of carbonyl (C=O) groups is 1. The highest BCUT2D eigenvalue weighted by Gasteiger charge is 2.07. The van der Waals surface area contributed by atoms with Crippen molar-refractivity contribution in [2.45, 2.75) is 19.9 Å². The molecular formula is C18H19N3O2. The lowest BCUT2D eigenvalue weighted by Gasteiger charge is -2.06. The maximum absolute atomic E-state index is 12.1. The molecule has 0 spiro atoms. The van der Waals surface area contributed by atoms with Crippen molar-refractivity contribution in [2.24, 2.45) is 0 Å². The molecule has 0 saturated heterocycles. The Balaban J connectivity index is 1.57. The van der Waals surface area contributed by atoms with Crippen LogP contribution in [0.25, 0.3) is 5.52 Å². The highest BCUT2D eigenvalue weighted by atomic mass is 16.5. The van der Waals surface area contributed by atoms with E-state index in [2.05, 4.69) is 10.4 Å². The molecule has 1 aromatic carbocycles. The number of carbonyl (C=O) groups excluding carboxylic acids is 1. The van der Waals surface area contributed by atoms with E-state index in [1.165, 1.54) is 0 Å². The molecule has 3 aromatic rings. The number of aromatic nitrogens is 2. The first-order valence-corrected chi connectivity index (χ1v) is 7.66. The molecule has 2 aromatic heterocycles. The van der Waals surface area contributed by atoms with E-state index in [-0.39, 0.29) is 5.91 Å². The predicted molar refractivity (Wildman–Crippen MR) is 88.4 cm³/mol. The fourth-order valence-corrected chi connectivity index (χ4v) is 2.44. The molecule has 0 aliphatic rings. The van der Waals surface area contributed by atoms with Crippen LogP contribution < -0.4 is 10.1 Å². The van der Waals surface area contributed by atoms with Crippen molar-refractivity contribution in [1.82, 2.24) is 14.9 Å². The zero-order chi connectivity index (χ0) is 16.1. The number of nitrogens with one attached hydrogen (secondary N) is 1. The second-order valence-corrected chi connectivity index (χ2v) is 5.23. The Hall–Kier alpha value is -2.82. The van der Waals surface area contributed by atoms with Gasteiger partial charge in [-0.25, -0.2) is 4.52 Å². The summed E-state index contributed by atoms with van der Waals surface area (Å²) in [7, 11) is 0. The molecule has 23 heavy (non-hydrogen) atoms. The third-order valence-electron chi connectivity index (χ3n) is 3.58. The number of hydrogen-bond acceptors (Lipinski definition) is 3. The van der Waals surface area contributed by atoms with E-state index in [9.17, 15) is 4.79 Å². The van der Waals surface area contributed by atoms with Crippen LogP contribution in [0.3, 0.4) is 0 Å². The predicted octanol–water partition coefficient (Wildman–Crippen LogP) is 2.59. The van der Waals surface area contributed by atoms with Gasteiger partial charge >= 0.3 is 0 Å². The maximum Gasteiger partial charge on any atom is 0.224 e. The van der Waals surface area contributed by atoms with Gasteiger partial charge in [0.1, 0.15) is 5.75 Å². The lowest BCUT2D eigenvalue weighted by Crippen LogP contribution is -2.24. The van der Waals surface area contributed by atoms with E-state index in [1.54, 1.807) is 10.7 Å². The second-order valence-electron chi connectivity index (χ2n) is 5.23. The van der Waals surface area contributed by atoms with Gasteiger partial charge in [0.05, 0.1) is 24.7 Å². The molecule has 0 fully saturated rings. The standard InChI is InChI=1S/C18H19N3O2/c1-2-23-16-8-6-14(7-9-16)11-18(22)19-12-15-13-20-21-10-4-3-5-17(15)21/h3-10,13H,2,11-12H2,1H3,(H,19,22). The summed E-state index contributed by atoms with van der Waals surface area (Å²) in [5, 5.41) is 7.20. The Morgan fingerprint density at radius 2 is 2.04 bits per heavy atom. The Kier molecular flexibility index (Phi) is 4.57. The van der Waals surface area contributed by atoms with Gasteiger partial charge in [-0.2, -0.15) is 5.10 Å². The highest BCUT2D eigenvalue weighted by molar-refractivity contribution is 5.78. The third-order valence-corrected chi connectivity index (χ3v) is 3.58. The van der Waals surface area contributed by atoms with Crippen molar-refractivity contribution in [1.29, 1.82) is 0 Å². The highest BCUT2D eigenvalue weighted by Crippen LogP contribution is 2.13. The average molecular weight is 309 g/mol. The summed E-state index contributed by atoms with van der Waals surface area (Å²) < 4.78 is 7.19. The van der Waals surface area contributed by atoms with E-state index in [4.69, 9.17) is 4.74 Å². The number of rotatable bonds is 6. The summed E-state index contributed by atoms with van der Waals surface area (Å²) >= 11 is 0. The summed E-state index contributed by atoms with van der Waals surface area (Å²) in [4.78, 5) is 12.1. The maximum atomic E-state index is 12.1. The molecule has 5 nitrogen and oxygen atoms in total. The van der Waals surface area contributed by atoms with Crippen LogP contribution in [0.5, 0.6) is 5.75 Å². The molecule has 5 heteroatoms. The molecule has 0 radical (unpaired) electrons. The Bertz CT molecular complexity index is 793. The average Bonchev–Trinajstić information content (AvgIpc) is 2.98. The molecule has 1 N–H and O–H groups in total. The van der Waals surface area contributed by atoms with Gasteiger partial charge in [0.15, 0.2) is 0 Å². The van der Waals surface area contributed by atoms with Gasteiger partial charge in [0.2, 0.25) is 5.91 Å². The number of amides is 1. The zero-order valence-corrected chi connectivity index (χ0v) is 13.0. The molecule has 0 atom stereocenters. The van der Waals surface area contributed by atoms with Crippen LogP contribution in [0.4, 0.5) is 0 Å². The molecule has 1 amide bonds. The monoisotopic (exact) mass is 309 g/mol. The van der Waals surface area contributed by atoms with Crippen molar-refractivity contribution in [3.8, 4) is 5.75 Å². The molecule has 0 unspecified atom stereocenters. The number of nitrogens with zero attached hydrogens (tertiary/aromatic N) is 2. The molecule has 2 heterocycles. The second kappa shape index (κ2) is 6.96. The van der Waals surface area contributed by atoms with Crippen molar-refractivity contribution in [3.05, 3.63) is 66.0 Å². The van der Waals surface area contributed by atoms with Gasteiger partial charge in [0, 0.05) is 18.3 Å². The first-order chi connectivity index (χ1) is 11.3. The number of benzene rings is 1. The summed E-state index contributed by atoms with van der Waals surface area (Å²) in [6.45, 7) is 3.06. The van der Waals surface area contributed by atoms with Crippen LogP contribution in [0.15, 0.2) is 54.9 Å². The van der Waals surface area contributed by atoms with Crippen molar-refractivity contribution < 1.29 is 9.53 Å². The number of ether oxygens (including phenoxy) is 1. The number of hydrogen-bond donors (Lipinski definition) is 1. The van der Waals surface area contributed by atoms with E-state index in [1.807, 2.05) is 55.6 Å². The minimum atomic E-state index is -0.00978. The Labute approximate surface area is 134 Å². The SMILES string of the molecule is CCOc1ccc(CC(=O)NCc2cnn3ccccc23)cc1. The minimum absolute atomic E-state index is 0.00978. The molecular weight excluding hydrogens is 290 g/mol. The Morgan fingerprint density at radius 3 is 2.83 bits per heavy atom. The van der Waals surface area contributed by atoms with Crippen LogP contribution in [0, 0.1) is 0 Å². The molecule has 3 rings (SSSR count). The zero-order valence-electron chi connectivity index (χ0n) is 13.0. The van der Waals surface area contributed by atoms with E-state index < -0.39 is 0 Å². The largest absolute Gasteiger partial charge is 0.494 e. The van der Waals surface area contributed by atoms with Gasteiger partial charge in [-0.15, -0.1) is 0 Å². The van der Waals surface area contributed by atoms with E-state index in [0.29, 0.717) is 19.6 Å². The van der Waals surface area contributed by atoms with Gasteiger partial charge in [-0.05, 0) is 36.8 Å². The van der Waals surface area contributed by atoms with E-state index in [0.717, 1.165) is 22.4 Å². The normalized spacial score (nSPS) is 10.7. The Morgan fingerprint density at radius 1 is 1.22 bits per heavy atom. The quantitative estimate of drug-likeness (QED) is 0.761. The van der Waals surface area contributed by atoms with Crippen molar-refractivity contribution in [2.75, 3.05) is 6.61 Å². The first kappa shape index (κ1) is 15.1. The van der Waals surface area contributed by atoms with Crippen LogP contribution >= 0.6 is 0 Å². The van der Waals surface area contributed by atoms with Crippen molar-refractivity contribution in [3.63, 3.8) is 0 Å². The molecule has 0 aliphatic heterocycles. The summed E-state index contributed by atoms with van der Waals surface area (Å²) in [5.74, 6) is 0.812. The summed E-state index contributed by atoms with van der Waals surface area (Å²) in [6, 6.07) is 13.5. The van der Waals surface area contributed by atoms with E-state index >= 15 is 0 Å². The molecule has 0 saturated carbocycles. The summed E-state index contributed by atoms with van der Waals surface area (Å²) in [5.41, 5.74) is 2.98. The smallest absolute Gasteiger partial charge is 0.224 e. The fourth-order valence-electron chi connectivity index (χ4n) is 2.44. The van der Waals surface area contributed by atoms with Crippen LogP contribution in [-0.2, 0) is 17.8 Å². The molecule has 0 bridgehead atoms. The summed E-state index contributed by atoms with van der Waals surface area (Å²) in [6.07, 6.45) is 4.03. The number of pyridine rings is 1. The third kappa shape index (κ3) is 3.69. The van der Waals surface area contributed by atoms with Gasteiger partial charge in [0.25, 0.3) is 0 Å². The lowest BCUT2D eigenvalue weighted by molar-refractivity contribution is -0.120. The lowest BCUT2D eigenvalue weighted by atomic mass is 10.1.